The predicted octanol–water partition coefficient (Wildman–Crippen LogP) is 3.09. The Morgan fingerprint density at radius 2 is 1.86 bits per heavy atom. The predicted molar refractivity (Wildman–Crippen MR) is 112 cm³/mol. The van der Waals surface area contributed by atoms with Gasteiger partial charge in [-0.05, 0) is 40.2 Å². The van der Waals surface area contributed by atoms with Crippen LogP contribution >= 0.6 is 27.7 Å². The van der Waals surface area contributed by atoms with Crippen LogP contribution in [0.4, 0.5) is 5.69 Å². The summed E-state index contributed by atoms with van der Waals surface area (Å²) in [6.07, 6.45) is 0.0811. The first-order chi connectivity index (χ1) is 13.9. The van der Waals surface area contributed by atoms with E-state index in [0.717, 1.165) is 16.7 Å². The van der Waals surface area contributed by atoms with Crippen LogP contribution in [0.25, 0.3) is 0 Å². The molecule has 29 heavy (non-hydrogen) atoms. The third kappa shape index (κ3) is 5.04. The number of hydrogen-bond donors (Lipinski definition) is 1. The number of anilines is 1. The summed E-state index contributed by atoms with van der Waals surface area (Å²) < 4.78 is 5.84. The smallest absolute Gasteiger partial charge is 0.339 e. The van der Waals surface area contributed by atoms with E-state index in [2.05, 4.69) is 21.2 Å². The minimum atomic E-state index is -0.680. The maximum Gasteiger partial charge on any atom is 0.339 e. The van der Waals surface area contributed by atoms with E-state index in [-0.39, 0.29) is 23.8 Å². The number of amides is 3. The summed E-state index contributed by atoms with van der Waals surface area (Å²) in [5.41, 5.74) is 0.805. The van der Waals surface area contributed by atoms with Crippen LogP contribution in [0.5, 0.6) is 0 Å². The van der Waals surface area contributed by atoms with Crippen LogP contribution in [0.15, 0.2) is 57.9 Å². The van der Waals surface area contributed by atoms with Crippen molar-refractivity contribution < 1.29 is 23.9 Å². The van der Waals surface area contributed by atoms with Gasteiger partial charge in [-0.2, -0.15) is 0 Å². The van der Waals surface area contributed by atoms with Crippen molar-refractivity contribution in [1.29, 1.82) is 0 Å². The number of ether oxygens (including phenoxy) is 1. The minimum absolute atomic E-state index is 0.0811. The molecule has 0 bridgehead atoms. The van der Waals surface area contributed by atoms with Gasteiger partial charge in [-0.25, -0.2) is 4.79 Å². The van der Waals surface area contributed by atoms with Gasteiger partial charge in [-0.1, -0.05) is 24.3 Å². The third-order valence-corrected chi connectivity index (χ3v) is 6.15. The lowest BCUT2D eigenvalue weighted by atomic mass is 10.2. The lowest BCUT2D eigenvalue weighted by Gasteiger charge is -2.12. The highest BCUT2D eigenvalue weighted by Crippen LogP contribution is 2.33. The molecule has 1 saturated heterocycles. The largest absolute Gasteiger partial charge is 0.452 e. The maximum atomic E-state index is 12.5. The second-order valence-electron chi connectivity index (χ2n) is 6.20. The quantitative estimate of drug-likeness (QED) is 0.508. The van der Waals surface area contributed by atoms with E-state index in [0.29, 0.717) is 15.1 Å². The number of likely N-dealkylation sites (tertiary alicyclic amines) is 1. The van der Waals surface area contributed by atoms with Crippen LogP contribution in [0, 0.1) is 0 Å². The highest BCUT2D eigenvalue weighted by Gasteiger charge is 2.37. The molecule has 9 heteroatoms. The first kappa shape index (κ1) is 21.1. The number of nitrogens with one attached hydrogen (secondary N) is 1. The molecule has 1 N–H and O–H groups in total. The van der Waals surface area contributed by atoms with Crippen molar-refractivity contribution in [1.82, 2.24) is 4.90 Å². The summed E-state index contributed by atoms with van der Waals surface area (Å²) in [5.74, 6) is -1.71. The van der Waals surface area contributed by atoms with Crippen molar-refractivity contribution in [2.45, 2.75) is 16.6 Å². The Bertz CT molecular complexity index is 981. The fourth-order valence-electron chi connectivity index (χ4n) is 2.66. The first-order valence-corrected chi connectivity index (χ1v) is 10.3. The number of benzene rings is 2. The Balaban J connectivity index is 1.63. The van der Waals surface area contributed by atoms with Crippen molar-refractivity contribution in [3.05, 3.63) is 58.6 Å². The van der Waals surface area contributed by atoms with Crippen molar-refractivity contribution >= 4 is 57.1 Å². The fraction of sp³-hybridized carbons (Fsp3) is 0.200. The Hall–Kier alpha value is -2.65. The maximum absolute atomic E-state index is 12.5. The Kier molecular flexibility index (Phi) is 6.71. The number of imide groups is 1. The van der Waals surface area contributed by atoms with Gasteiger partial charge in [-0.3, -0.25) is 19.3 Å². The second kappa shape index (κ2) is 9.23. The minimum Gasteiger partial charge on any atom is -0.452 e. The number of nitrogens with zero attached hydrogens (tertiary/aromatic N) is 1. The summed E-state index contributed by atoms with van der Waals surface area (Å²) in [6.45, 7) is -0.456. The fourth-order valence-corrected chi connectivity index (χ4v) is 4.27. The molecule has 150 valence electrons. The lowest BCUT2D eigenvalue weighted by Crippen LogP contribution is -2.26. The number of halogens is 1. The summed E-state index contributed by atoms with van der Waals surface area (Å²) in [6, 6.07) is 13.7. The van der Waals surface area contributed by atoms with Gasteiger partial charge in [0.15, 0.2) is 6.61 Å². The molecule has 1 unspecified atom stereocenters. The summed E-state index contributed by atoms with van der Waals surface area (Å²) in [5, 5.41) is 2.07. The molecule has 0 spiro atoms. The highest BCUT2D eigenvalue weighted by atomic mass is 79.9. The van der Waals surface area contributed by atoms with Gasteiger partial charge in [-0.15, -0.1) is 11.8 Å². The number of para-hydroxylation sites is 1. The van der Waals surface area contributed by atoms with Crippen LogP contribution in [-0.2, 0) is 19.1 Å². The molecule has 0 saturated carbocycles. The zero-order valence-corrected chi connectivity index (χ0v) is 17.8. The van der Waals surface area contributed by atoms with E-state index in [1.165, 1.54) is 7.05 Å². The van der Waals surface area contributed by atoms with Crippen LogP contribution in [0.2, 0.25) is 0 Å². The molecule has 3 amide bonds. The van der Waals surface area contributed by atoms with Gasteiger partial charge >= 0.3 is 5.97 Å². The highest BCUT2D eigenvalue weighted by molar-refractivity contribution is 9.10. The van der Waals surface area contributed by atoms with Gasteiger partial charge in [0.25, 0.3) is 5.91 Å². The van der Waals surface area contributed by atoms with E-state index in [1.807, 2.05) is 6.07 Å². The van der Waals surface area contributed by atoms with Crippen LogP contribution in [-0.4, -0.2) is 47.5 Å². The molecule has 1 fully saturated rings. The van der Waals surface area contributed by atoms with Crippen molar-refractivity contribution in [2.24, 2.45) is 0 Å². The van der Waals surface area contributed by atoms with Crippen molar-refractivity contribution in [3.8, 4) is 0 Å². The molecule has 1 aliphatic heterocycles. The average molecular weight is 477 g/mol. The number of carbonyl (C=O) groups excluding carboxylic acids is 4. The Morgan fingerprint density at radius 3 is 2.55 bits per heavy atom. The number of carbonyl (C=O) groups is 4. The first-order valence-electron chi connectivity index (χ1n) is 8.64. The molecule has 1 atom stereocenters. The van der Waals surface area contributed by atoms with E-state index in [4.69, 9.17) is 4.74 Å². The van der Waals surface area contributed by atoms with Gasteiger partial charge in [0.2, 0.25) is 11.8 Å². The molecular formula is C20H17BrN2O5S. The third-order valence-electron chi connectivity index (χ3n) is 4.20. The summed E-state index contributed by atoms with van der Waals surface area (Å²) in [4.78, 5) is 50.0. The Labute approximate surface area is 179 Å². The SMILES string of the molecule is CN1C(=O)CC(Sc2ccccc2C(=O)OCC(=O)Nc2ccccc2Br)C1=O. The standard InChI is InChI=1S/C20H17BrN2O5S/c1-23-18(25)10-16(19(23)26)29-15-9-5-2-6-12(15)20(27)28-11-17(24)22-14-8-4-3-7-13(14)21/h2-9,16H,10-11H2,1H3,(H,22,24). The number of esters is 1. The van der Waals surface area contributed by atoms with Gasteiger partial charge in [0, 0.05) is 22.8 Å². The summed E-state index contributed by atoms with van der Waals surface area (Å²) >= 11 is 4.47. The van der Waals surface area contributed by atoms with E-state index in [9.17, 15) is 19.2 Å². The number of hydrogen-bond acceptors (Lipinski definition) is 6. The van der Waals surface area contributed by atoms with Gasteiger partial charge in [0.1, 0.15) is 0 Å². The number of rotatable bonds is 6. The Morgan fingerprint density at radius 1 is 1.17 bits per heavy atom. The van der Waals surface area contributed by atoms with Gasteiger partial charge in [0.05, 0.1) is 16.5 Å². The lowest BCUT2D eigenvalue weighted by molar-refractivity contribution is -0.136. The van der Waals surface area contributed by atoms with E-state index in [1.54, 1.807) is 42.5 Å². The van der Waals surface area contributed by atoms with Crippen LogP contribution in [0.1, 0.15) is 16.8 Å². The van der Waals surface area contributed by atoms with Crippen molar-refractivity contribution in [2.75, 3.05) is 19.0 Å². The second-order valence-corrected chi connectivity index (χ2v) is 8.30. The topological polar surface area (TPSA) is 92.8 Å². The van der Waals surface area contributed by atoms with Crippen LogP contribution < -0.4 is 5.32 Å². The molecule has 0 radical (unpaired) electrons. The molecule has 2 aromatic carbocycles. The van der Waals surface area contributed by atoms with E-state index < -0.39 is 23.7 Å². The van der Waals surface area contributed by atoms with Gasteiger partial charge < -0.3 is 10.1 Å². The monoisotopic (exact) mass is 476 g/mol. The van der Waals surface area contributed by atoms with Crippen molar-refractivity contribution in [3.63, 3.8) is 0 Å². The zero-order valence-electron chi connectivity index (χ0n) is 15.4. The molecule has 2 aromatic rings. The molecule has 3 rings (SSSR count). The average Bonchev–Trinajstić information content (AvgIpc) is 2.95. The van der Waals surface area contributed by atoms with E-state index >= 15 is 0 Å². The zero-order chi connectivity index (χ0) is 21.0. The normalized spacial score (nSPS) is 16.1. The molecule has 1 heterocycles. The molecular weight excluding hydrogens is 460 g/mol. The molecule has 0 aliphatic carbocycles. The molecule has 7 nitrogen and oxygen atoms in total. The summed E-state index contributed by atoms with van der Waals surface area (Å²) in [7, 11) is 1.44. The van der Waals surface area contributed by atoms with Crippen LogP contribution in [0.3, 0.4) is 0 Å². The molecule has 1 aliphatic rings. The molecule has 0 aromatic heterocycles. The number of thioether (sulfide) groups is 1.